The van der Waals surface area contributed by atoms with Gasteiger partial charge in [0.2, 0.25) is 0 Å². The van der Waals surface area contributed by atoms with Crippen LogP contribution in [0.15, 0.2) is 133 Å². The smallest absolute Gasteiger partial charge is 0.412 e. The van der Waals surface area contributed by atoms with Gasteiger partial charge in [-0.05, 0) is 43.0 Å². The zero-order valence-corrected chi connectivity index (χ0v) is 28.2. The lowest BCUT2D eigenvalue weighted by Gasteiger charge is -2.25. The molecule has 49 heavy (non-hydrogen) atoms. The summed E-state index contributed by atoms with van der Waals surface area (Å²) in [7, 11) is 0. The van der Waals surface area contributed by atoms with Gasteiger partial charge in [0.1, 0.15) is 24.4 Å². The number of amides is 1. The van der Waals surface area contributed by atoms with Crippen LogP contribution in [-0.2, 0) is 54.9 Å². The number of rotatable bonds is 14. The fraction of sp³-hybridized carbons (Fsp3) is 0.300. The fourth-order valence-electron chi connectivity index (χ4n) is 5.30. The number of hydrogen-bond acceptors (Lipinski definition) is 8. The summed E-state index contributed by atoms with van der Waals surface area (Å²) in [6, 6.07) is 38.2. The van der Waals surface area contributed by atoms with E-state index in [4.69, 9.17) is 23.7 Å². The Morgan fingerprint density at radius 3 is 1.63 bits per heavy atom. The highest BCUT2D eigenvalue weighted by molar-refractivity contribution is 5.93. The van der Waals surface area contributed by atoms with Gasteiger partial charge in [-0.15, -0.1) is 0 Å². The van der Waals surface area contributed by atoms with Gasteiger partial charge in [0.25, 0.3) is 0 Å². The molecule has 2 N–H and O–H groups in total. The molecule has 1 amide bonds. The van der Waals surface area contributed by atoms with Crippen molar-refractivity contribution < 1.29 is 33.3 Å². The van der Waals surface area contributed by atoms with E-state index >= 15 is 0 Å². The lowest BCUT2D eigenvalue weighted by Crippen LogP contribution is -2.39. The lowest BCUT2D eigenvalue weighted by atomic mass is 10.1. The SMILES string of the molecule is CC(C)(C)OC(=O)/C(NC(=O)OCc1ccccc1)=C1\N[C@@H](COCc2ccccc2)[C@@H](OCc2ccccc2)[C@@H]1OCc1ccccc1. The Hall–Kier alpha value is -4.96. The maximum absolute atomic E-state index is 13.8. The van der Waals surface area contributed by atoms with Crippen LogP contribution in [0.2, 0.25) is 0 Å². The first-order valence-corrected chi connectivity index (χ1v) is 16.4. The van der Waals surface area contributed by atoms with Gasteiger partial charge in [-0.2, -0.15) is 0 Å². The van der Waals surface area contributed by atoms with E-state index in [1.54, 1.807) is 20.8 Å². The normalized spacial score (nSPS) is 18.3. The first-order chi connectivity index (χ1) is 23.7. The maximum atomic E-state index is 13.8. The van der Waals surface area contributed by atoms with E-state index in [0.717, 1.165) is 22.3 Å². The second-order valence-corrected chi connectivity index (χ2v) is 12.7. The highest BCUT2D eigenvalue weighted by Crippen LogP contribution is 2.29. The predicted molar refractivity (Wildman–Crippen MR) is 186 cm³/mol. The Balaban J connectivity index is 1.48. The highest BCUT2D eigenvalue weighted by Gasteiger charge is 2.45. The van der Waals surface area contributed by atoms with Gasteiger partial charge in [0.15, 0.2) is 5.70 Å². The first-order valence-electron chi connectivity index (χ1n) is 16.4. The van der Waals surface area contributed by atoms with Crippen LogP contribution in [-0.4, -0.2) is 42.5 Å². The second-order valence-electron chi connectivity index (χ2n) is 12.7. The topological polar surface area (TPSA) is 104 Å². The van der Waals surface area contributed by atoms with Gasteiger partial charge in [0, 0.05) is 0 Å². The zero-order chi connectivity index (χ0) is 34.5. The Morgan fingerprint density at radius 1 is 0.653 bits per heavy atom. The molecule has 0 radical (unpaired) electrons. The minimum atomic E-state index is -0.848. The summed E-state index contributed by atoms with van der Waals surface area (Å²) in [5, 5.41) is 6.11. The van der Waals surface area contributed by atoms with Crippen molar-refractivity contribution in [1.29, 1.82) is 0 Å². The molecule has 0 bridgehead atoms. The van der Waals surface area contributed by atoms with E-state index in [0.29, 0.717) is 12.3 Å². The molecule has 0 unspecified atom stereocenters. The molecule has 3 atom stereocenters. The molecule has 1 saturated heterocycles. The van der Waals surface area contributed by atoms with E-state index in [9.17, 15) is 9.59 Å². The van der Waals surface area contributed by atoms with E-state index in [-0.39, 0.29) is 32.1 Å². The van der Waals surface area contributed by atoms with Crippen molar-refractivity contribution in [2.45, 2.75) is 71.0 Å². The lowest BCUT2D eigenvalue weighted by molar-refractivity contribution is -0.150. The third kappa shape index (κ3) is 11.0. The molecule has 1 aliphatic rings. The molecule has 1 heterocycles. The van der Waals surface area contributed by atoms with E-state index < -0.39 is 35.9 Å². The average Bonchev–Trinajstić information content (AvgIpc) is 3.45. The number of nitrogens with one attached hydrogen (secondary N) is 2. The number of ether oxygens (including phenoxy) is 5. The number of alkyl carbamates (subject to hydrolysis) is 1. The van der Waals surface area contributed by atoms with Crippen molar-refractivity contribution in [2.75, 3.05) is 6.61 Å². The molecule has 0 spiro atoms. The van der Waals surface area contributed by atoms with Crippen LogP contribution in [0.3, 0.4) is 0 Å². The minimum absolute atomic E-state index is 0.0176. The van der Waals surface area contributed by atoms with Crippen molar-refractivity contribution in [3.05, 3.63) is 155 Å². The number of esters is 1. The molecular weight excluding hydrogens is 620 g/mol. The van der Waals surface area contributed by atoms with E-state index in [1.807, 2.05) is 121 Å². The van der Waals surface area contributed by atoms with Crippen molar-refractivity contribution in [1.82, 2.24) is 10.6 Å². The monoisotopic (exact) mass is 664 g/mol. The second kappa shape index (κ2) is 17.4. The van der Waals surface area contributed by atoms with Gasteiger partial charge >= 0.3 is 12.1 Å². The Labute approximate surface area is 288 Å². The summed E-state index contributed by atoms with van der Waals surface area (Å²) in [4.78, 5) is 27.1. The fourth-order valence-corrected chi connectivity index (χ4v) is 5.30. The molecule has 1 aliphatic heterocycles. The van der Waals surface area contributed by atoms with Crippen molar-refractivity contribution in [2.24, 2.45) is 0 Å². The quantitative estimate of drug-likeness (QED) is 0.112. The maximum Gasteiger partial charge on any atom is 0.412 e. The van der Waals surface area contributed by atoms with Crippen LogP contribution in [0.4, 0.5) is 4.79 Å². The molecule has 0 saturated carbocycles. The summed E-state index contributed by atoms with van der Waals surface area (Å²) in [5.74, 6) is -0.743. The summed E-state index contributed by atoms with van der Waals surface area (Å²) in [5.41, 5.74) is 3.07. The summed E-state index contributed by atoms with van der Waals surface area (Å²) >= 11 is 0. The standard InChI is InChI=1S/C40H44N2O7/c1-40(2,3)49-38(43)35(42-39(44)48-27-32-22-14-7-15-23-32)34-37(47-26-31-20-12-6-13-21-31)36(46-25-30-18-10-5-11-19-30)33(41-34)28-45-24-29-16-8-4-9-17-29/h4-23,33,36-37,41H,24-28H2,1-3H3,(H,42,44)/b35-34+/t33-,36+,37+/m0/s1. The van der Waals surface area contributed by atoms with E-state index in [2.05, 4.69) is 10.6 Å². The summed E-state index contributed by atoms with van der Waals surface area (Å²) in [6.45, 7) is 6.42. The van der Waals surface area contributed by atoms with Gasteiger partial charge in [-0.3, -0.25) is 5.32 Å². The van der Waals surface area contributed by atoms with Gasteiger partial charge < -0.3 is 29.0 Å². The summed E-state index contributed by atoms with van der Waals surface area (Å²) in [6.07, 6.45) is -2.24. The predicted octanol–water partition coefficient (Wildman–Crippen LogP) is 6.83. The molecule has 1 fully saturated rings. The first kappa shape index (κ1) is 35.3. The Kier molecular flexibility index (Phi) is 12.6. The molecule has 9 nitrogen and oxygen atoms in total. The number of hydrogen-bond donors (Lipinski definition) is 2. The number of carbonyl (C=O) groups is 2. The third-order valence-corrected chi connectivity index (χ3v) is 7.60. The Morgan fingerprint density at radius 2 is 1.12 bits per heavy atom. The molecule has 0 aromatic heterocycles. The van der Waals surface area contributed by atoms with Crippen LogP contribution >= 0.6 is 0 Å². The van der Waals surface area contributed by atoms with E-state index in [1.165, 1.54) is 0 Å². The van der Waals surface area contributed by atoms with Crippen LogP contribution in [0.1, 0.15) is 43.0 Å². The molecule has 0 aliphatic carbocycles. The molecule has 256 valence electrons. The molecule has 4 aromatic rings. The number of carbonyl (C=O) groups excluding carboxylic acids is 2. The van der Waals surface area contributed by atoms with Crippen LogP contribution in [0.25, 0.3) is 0 Å². The van der Waals surface area contributed by atoms with Gasteiger partial charge in [0.05, 0.1) is 38.2 Å². The van der Waals surface area contributed by atoms with Crippen LogP contribution in [0, 0.1) is 0 Å². The van der Waals surface area contributed by atoms with Crippen molar-refractivity contribution >= 4 is 12.1 Å². The zero-order valence-electron chi connectivity index (χ0n) is 28.2. The minimum Gasteiger partial charge on any atom is -0.455 e. The van der Waals surface area contributed by atoms with Crippen LogP contribution in [0.5, 0.6) is 0 Å². The highest BCUT2D eigenvalue weighted by atomic mass is 16.6. The van der Waals surface area contributed by atoms with Crippen molar-refractivity contribution in [3.63, 3.8) is 0 Å². The molecule has 9 heteroatoms. The average molecular weight is 665 g/mol. The summed E-state index contributed by atoms with van der Waals surface area (Å²) < 4.78 is 30.6. The molecule has 4 aromatic carbocycles. The Bertz CT molecular complexity index is 1640. The van der Waals surface area contributed by atoms with Crippen molar-refractivity contribution in [3.8, 4) is 0 Å². The number of benzene rings is 4. The molecular formula is C40H44N2O7. The largest absolute Gasteiger partial charge is 0.455 e. The third-order valence-electron chi connectivity index (χ3n) is 7.60. The van der Waals surface area contributed by atoms with Crippen LogP contribution < -0.4 is 10.6 Å². The molecule has 5 rings (SSSR count). The van der Waals surface area contributed by atoms with Gasteiger partial charge in [-0.25, -0.2) is 9.59 Å². The van der Waals surface area contributed by atoms with Gasteiger partial charge in [-0.1, -0.05) is 121 Å².